The summed E-state index contributed by atoms with van der Waals surface area (Å²) in [7, 11) is 1.57. The van der Waals surface area contributed by atoms with Crippen LogP contribution in [0.4, 0.5) is 5.69 Å². The van der Waals surface area contributed by atoms with E-state index in [0.717, 1.165) is 22.9 Å². The zero-order valence-electron chi connectivity index (χ0n) is 10.3. The summed E-state index contributed by atoms with van der Waals surface area (Å²) >= 11 is 3.40. The van der Waals surface area contributed by atoms with Crippen molar-refractivity contribution in [2.75, 3.05) is 12.4 Å². The summed E-state index contributed by atoms with van der Waals surface area (Å²) in [5.41, 5.74) is 2.00. The van der Waals surface area contributed by atoms with Crippen molar-refractivity contribution in [2.45, 2.75) is 19.8 Å². The maximum atomic E-state index is 11.8. The van der Waals surface area contributed by atoms with Crippen molar-refractivity contribution < 1.29 is 9.59 Å². The van der Waals surface area contributed by atoms with Gasteiger partial charge in [-0.1, -0.05) is 0 Å². The molecule has 0 unspecified atom stereocenters. The average Bonchev–Trinajstić information content (AvgIpc) is 3.15. The molecule has 18 heavy (non-hydrogen) atoms. The third kappa shape index (κ3) is 2.72. The number of nitrogens with one attached hydrogen (secondary N) is 2. The molecule has 0 heterocycles. The number of hydrogen-bond acceptors (Lipinski definition) is 2. The summed E-state index contributed by atoms with van der Waals surface area (Å²) in [6.45, 7) is 1.91. The van der Waals surface area contributed by atoms with Crippen LogP contribution in [0.5, 0.6) is 0 Å². The smallest absolute Gasteiger partial charge is 0.253 e. The topological polar surface area (TPSA) is 58.2 Å². The van der Waals surface area contributed by atoms with E-state index in [1.165, 1.54) is 0 Å². The molecule has 96 valence electrons. The van der Waals surface area contributed by atoms with Gasteiger partial charge in [0.2, 0.25) is 5.91 Å². The zero-order chi connectivity index (χ0) is 13.3. The van der Waals surface area contributed by atoms with Gasteiger partial charge in [-0.05, 0) is 53.4 Å². The number of rotatable bonds is 3. The van der Waals surface area contributed by atoms with Crippen molar-refractivity contribution in [3.63, 3.8) is 0 Å². The van der Waals surface area contributed by atoms with Gasteiger partial charge in [0.1, 0.15) is 0 Å². The quantitative estimate of drug-likeness (QED) is 0.901. The van der Waals surface area contributed by atoms with Crippen molar-refractivity contribution in [3.8, 4) is 0 Å². The Morgan fingerprint density at radius 3 is 2.56 bits per heavy atom. The third-order valence-corrected chi connectivity index (χ3v) is 3.53. The second-order valence-electron chi connectivity index (χ2n) is 4.51. The first-order valence-corrected chi connectivity index (χ1v) is 6.65. The summed E-state index contributed by atoms with van der Waals surface area (Å²) in [6, 6.07) is 3.65. The lowest BCUT2D eigenvalue weighted by molar-refractivity contribution is -0.117. The number of carbonyl (C=O) groups excluding carboxylic acids is 2. The van der Waals surface area contributed by atoms with Gasteiger partial charge in [-0.2, -0.15) is 0 Å². The monoisotopic (exact) mass is 310 g/mol. The molecule has 5 heteroatoms. The lowest BCUT2D eigenvalue weighted by Gasteiger charge is -2.13. The second kappa shape index (κ2) is 5.10. The molecule has 0 saturated heterocycles. The van der Waals surface area contributed by atoms with Gasteiger partial charge in [-0.3, -0.25) is 9.59 Å². The molecule has 1 aromatic rings. The zero-order valence-corrected chi connectivity index (χ0v) is 11.9. The first-order chi connectivity index (χ1) is 8.52. The fraction of sp³-hybridized carbons (Fsp3) is 0.385. The minimum absolute atomic E-state index is 0.00953. The Balaban J connectivity index is 2.36. The number of aryl methyl sites for hydroxylation is 1. The van der Waals surface area contributed by atoms with Gasteiger partial charge in [-0.25, -0.2) is 0 Å². The van der Waals surface area contributed by atoms with E-state index < -0.39 is 0 Å². The van der Waals surface area contributed by atoms with Crippen LogP contribution in [-0.4, -0.2) is 18.9 Å². The number of carbonyl (C=O) groups is 2. The predicted octanol–water partition coefficient (Wildman–Crippen LogP) is 2.47. The van der Waals surface area contributed by atoms with Gasteiger partial charge in [0.15, 0.2) is 0 Å². The van der Waals surface area contributed by atoms with E-state index in [9.17, 15) is 9.59 Å². The van der Waals surface area contributed by atoms with Crippen LogP contribution in [0.1, 0.15) is 28.8 Å². The Hall–Kier alpha value is -1.36. The molecule has 1 saturated carbocycles. The van der Waals surface area contributed by atoms with Crippen molar-refractivity contribution in [1.82, 2.24) is 5.32 Å². The van der Waals surface area contributed by atoms with E-state index in [1.807, 2.05) is 13.0 Å². The molecule has 1 aliphatic rings. The van der Waals surface area contributed by atoms with Crippen molar-refractivity contribution in [2.24, 2.45) is 5.92 Å². The molecule has 4 nitrogen and oxygen atoms in total. The molecule has 2 rings (SSSR count). The van der Waals surface area contributed by atoms with Crippen molar-refractivity contribution in [1.29, 1.82) is 0 Å². The highest BCUT2D eigenvalue weighted by molar-refractivity contribution is 9.10. The molecular weight excluding hydrogens is 296 g/mol. The number of benzene rings is 1. The predicted molar refractivity (Wildman–Crippen MR) is 73.6 cm³/mol. The fourth-order valence-electron chi connectivity index (χ4n) is 1.75. The van der Waals surface area contributed by atoms with Crippen LogP contribution in [0.15, 0.2) is 16.6 Å². The summed E-state index contributed by atoms with van der Waals surface area (Å²) in [6.07, 6.45) is 1.87. The standard InChI is InChI=1S/C13H15BrN2O2/c1-7-5-9(13(18)15-2)11(10(14)6-7)16-12(17)8-3-4-8/h5-6,8H,3-4H2,1-2H3,(H,15,18)(H,16,17). The second-order valence-corrected chi connectivity index (χ2v) is 5.37. The van der Waals surface area contributed by atoms with Crippen LogP contribution < -0.4 is 10.6 Å². The first kappa shape index (κ1) is 13.1. The summed E-state index contributed by atoms with van der Waals surface area (Å²) in [5, 5.41) is 5.42. The average molecular weight is 311 g/mol. The Kier molecular flexibility index (Phi) is 3.71. The van der Waals surface area contributed by atoms with Crippen LogP contribution in [0.2, 0.25) is 0 Å². The maximum absolute atomic E-state index is 11.8. The number of amides is 2. The fourth-order valence-corrected chi connectivity index (χ4v) is 2.43. The molecule has 0 bridgehead atoms. The molecule has 2 N–H and O–H groups in total. The van der Waals surface area contributed by atoms with Crippen LogP contribution in [0.25, 0.3) is 0 Å². The summed E-state index contributed by atoms with van der Waals surface area (Å²) in [4.78, 5) is 23.6. The van der Waals surface area contributed by atoms with E-state index in [0.29, 0.717) is 11.3 Å². The highest BCUT2D eigenvalue weighted by atomic mass is 79.9. The normalized spacial score (nSPS) is 14.2. The highest BCUT2D eigenvalue weighted by Gasteiger charge is 2.30. The maximum Gasteiger partial charge on any atom is 0.253 e. The molecule has 0 aromatic heterocycles. The molecule has 1 aliphatic carbocycles. The van der Waals surface area contributed by atoms with Gasteiger partial charge >= 0.3 is 0 Å². The van der Waals surface area contributed by atoms with Gasteiger partial charge in [0.05, 0.1) is 11.3 Å². The van der Waals surface area contributed by atoms with E-state index in [2.05, 4.69) is 26.6 Å². The number of anilines is 1. The molecular formula is C13H15BrN2O2. The molecule has 0 atom stereocenters. The lowest BCUT2D eigenvalue weighted by atomic mass is 10.1. The minimum atomic E-state index is -0.203. The molecule has 0 radical (unpaired) electrons. The summed E-state index contributed by atoms with van der Waals surface area (Å²) < 4.78 is 0.732. The summed E-state index contributed by atoms with van der Waals surface area (Å²) in [5.74, 6) is -0.106. The third-order valence-electron chi connectivity index (χ3n) is 2.90. The molecule has 2 amide bonds. The van der Waals surface area contributed by atoms with Gasteiger partial charge < -0.3 is 10.6 Å². The number of halogens is 1. The molecule has 0 aliphatic heterocycles. The Labute approximate surface area is 114 Å². The van der Waals surface area contributed by atoms with Crippen LogP contribution in [0.3, 0.4) is 0 Å². The Morgan fingerprint density at radius 2 is 2.00 bits per heavy atom. The van der Waals surface area contributed by atoms with E-state index in [4.69, 9.17) is 0 Å². The van der Waals surface area contributed by atoms with E-state index in [-0.39, 0.29) is 17.7 Å². The molecule has 1 fully saturated rings. The Morgan fingerprint density at radius 1 is 1.33 bits per heavy atom. The SMILES string of the molecule is CNC(=O)c1cc(C)cc(Br)c1NC(=O)C1CC1. The first-order valence-electron chi connectivity index (χ1n) is 5.86. The lowest BCUT2D eigenvalue weighted by Crippen LogP contribution is -2.22. The molecule has 1 aromatic carbocycles. The van der Waals surface area contributed by atoms with Crippen LogP contribution in [0, 0.1) is 12.8 Å². The van der Waals surface area contributed by atoms with Crippen LogP contribution in [-0.2, 0) is 4.79 Å². The van der Waals surface area contributed by atoms with Gasteiger partial charge in [0, 0.05) is 17.4 Å². The minimum Gasteiger partial charge on any atom is -0.355 e. The number of hydrogen-bond donors (Lipinski definition) is 2. The Bertz CT molecular complexity index is 510. The molecule has 0 spiro atoms. The van der Waals surface area contributed by atoms with Crippen molar-refractivity contribution >= 4 is 33.4 Å². The largest absolute Gasteiger partial charge is 0.355 e. The van der Waals surface area contributed by atoms with E-state index in [1.54, 1.807) is 13.1 Å². The highest BCUT2D eigenvalue weighted by Crippen LogP contribution is 2.33. The van der Waals surface area contributed by atoms with Gasteiger partial charge in [0.25, 0.3) is 5.91 Å². The van der Waals surface area contributed by atoms with Crippen molar-refractivity contribution in [3.05, 3.63) is 27.7 Å². The van der Waals surface area contributed by atoms with E-state index >= 15 is 0 Å². The van der Waals surface area contributed by atoms with Crippen LogP contribution >= 0.6 is 15.9 Å². The van der Waals surface area contributed by atoms with Gasteiger partial charge in [-0.15, -0.1) is 0 Å².